The molecule has 0 aliphatic carbocycles. The Labute approximate surface area is 115 Å². The molecule has 20 heavy (non-hydrogen) atoms. The Morgan fingerprint density at radius 2 is 1.95 bits per heavy atom. The number of carbonyl (C=O) groups is 1. The molecule has 5 heteroatoms. The van der Waals surface area contributed by atoms with Crippen molar-refractivity contribution < 1.29 is 19.4 Å². The molecule has 2 heterocycles. The maximum absolute atomic E-state index is 11.3. The zero-order valence-corrected chi connectivity index (χ0v) is 10.7. The van der Waals surface area contributed by atoms with Gasteiger partial charge in [-0.1, -0.05) is 6.07 Å². The number of hydrogen-bond acceptors (Lipinski definition) is 4. The molecule has 1 aliphatic heterocycles. The summed E-state index contributed by atoms with van der Waals surface area (Å²) < 4.78 is 11.2. The predicted octanol–water partition coefficient (Wildman–Crippen LogP) is 2.61. The maximum Gasteiger partial charge on any atom is 0.336 e. The van der Waals surface area contributed by atoms with Gasteiger partial charge in [0.2, 0.25) is 0 Å². The van der Waals surface area contributed by atoms with Crippen LogP contribution in [0.4, 0.5) is 0 Å². The third kappa shape index (κ3) is 2.30. The normalized spacial score (nSPS) is 13.6. The van der Waals surface area contributed by atoms with Gasteiger partial charge in [0.05, 0.1) is 18.8 Å². The molecular formula is C15H13NO4. The lowest BCUT2D eigenvalue weighted by Gasteiger charge is -2.10. The highest BCUT2D eigenvalue weighted by Crippen LogP contribution is 2.35. The monoisotopic (exact) mass is 271 g/mol. The Morgan fingerprint density at radius 3 is 2.75 bits per heavy atom. The summed E-state index contributed by atoms with van der Waals surface area (Å²) in [7, 11) is 0. The number of fused-ring (bicyclic) bond motifs is 1. The van der Waals surface area contributed by atoms with Crippen LogP contribution in [0.15, 0.2) is 36.7 Å². The largest absolute Gasteiger partial charge is 0.490 e. The Balaban J connectivity index is 2.07. The first-order chi connectivity index (χ1) is 9.75. The highest BCUT2D eigenvalue weighted by molar-refractivity contribution is 5.95. The number of nitrogens with zero attached hydrogens (tertiary/aromatic N) is 1. The van der Waals surface area contributed by atoms with E-state index in [0.717, 1.165) is 12.0 Å². The van der Waals surface area contributed by atoms with Gasteiger partial charge in [0.25, 0.3) is 0 Å². The molecule has 5 nitrogen and oxygen atoms in total. The lowest BCUT2D eigenvalue weighted by molar-refractivity contribution is 0.0697. The molecule has 0 fully saturated rings. The SMILES string of the molecule is O=C(O)c1ccncc1-c1ccc2c(c1)OCCCO2. The predicted molar refractivity (Wildman–Crippen MR) is 72.2 cm³/mol. The third-order valence-corrected chi connectivity index (χ3v) is 3.11. The van der Waals surface area contributed by atoms with Crippen LogP contribution < -0.4 is 9.47 Å². The fraction of sp³-hybridized carbons (Fsp3) is 0.200. The highest BCUT2D eigenvalue weighted by Gasteiger charge is 2.15. The average molecular weight is 271 g/mol. The second-order valence-corrected chi connectivity index (χ2v) is 4.44. The van der Waals surface area contributed by atoms with E-state index in [-0.39, 0.29) is 5.56 Å². The maximum atomic E-state index is 11.3. The van der Waals surface area contributed by atoms with Crippen molar-refractivity contribution in [2.24, 2.45) is 0 Å². The molecule has 2 aromatic rings. The minimum atomic E-state index is -0.977. The molecule has 0 saturated carbocycles. The minimum absolute atomic E-state index is 0.217. The Kier molecular flexibility index (Phi) is 3.25. The molecule has 0 spiro atoms. The molecule has 3 rings (SSSR count). The van der Waals surface area contributed by atoms with Crippen molar-refractivity contribution in [2.45, 2.75) is 6.42 Å². The lowest BCUT2D eigenvalue weighted by atomic mass is 10.0. The van der Waals surface area contributed by atoms with Crippen molar-refractivity contribution in [2.75, 3.05) is 13.2 Å². The van der Waals surface area contributed by atoms with Crippen LogP contribution in [0.25, 0.3) is 11.1 Å². The van der Waals surface area contributed by atoms with E-state index in [4.69, 9.17) is 9.47 Å². The number of hydrogen-bond donors (Lipinski definition) is 1. The first kappa shape index (κ1) is 12.5. The van der Waals surface area contributed by atoms with Crippen molar-refractivity contribution in [1.29, 1.82) is 0 Å². The summed E-state index contributed by atoms with van der Waals surface area (Å²) in [4.78, 5) is 15.3. The number of benzene rings is 1. The smallest absolute Gasteiger partial charge is 0.336 e. The summed E-state index contributed by atoms with van der Waals surface area (Å²) >= 11 is 0. The van der Waals surface area contributed by atoms with E-state index in [0.29, 0.717) is 30.3 Å². The van der Waals surface area contributed by atoms with Crippen molar-refractivity contribution in [1.82, 2.24) is 4.98 Å². The first-order valence-electron chi connectivity index (χ1n) is 6.33. The van der Waals surface area contributed by atoms with E-state index in [1.807, 2.05) is 6.07 Å². The summed E-state index contributed by atoms with van der Waals surface area (Å²) in [5.74, 6) is 0.349. The van der Waals surface area contributed by atoms with Gasteiger partial charge in [-0.25, -0.2) is 4.79 Å². The fourth-order valence-electron chi connectivity index (χ4n) is 2.14. The van der Waals surface area contributed by atoms with Gasteiger partial charge in [0.1, 0.15) is 0 Å². The van der Waals surface area contributed by atoms with Crippen LogP contribution in [0.3, 0.4) is 0 Å². The zero-order chi connectivity index (χ0) is 13.9. The Bertz CT molecular complexity index is 654. The average Bonchev–Trinajstić information content (AvgIpc) is 2.71. The highest BCUT2D eigenvalue weighted by atomic mass is 16.5. The molecule has 102 valence electrons. The molecule has 0 saturated heterocycles. The van der Waals surface area contributed by atoms with Gasteiger partial charge < -0.3 is 14.6 Å². The number of pyridine rings is 1. The van der Waals surface area contributed by atoms with E-state index >= 15 is 0 Å². The van der Waals surface area contributed by atoms with Crippen molar-refractivity contribution >= 4 is 5.97 Å². The number of aromatic nitrogens is 1. The molecular weight excluding hydrogens is 258 g/mol. The van der Waals surface area contributed by atoms with E-state index in [1.54, 1.807) is 18.3 Å². The van der Waals surface area contributed by atoms with Crippen LogP contribution in [0, 0.1) is 0 Å². The molecule has 0 bridgehead atoms. The van der Waals surface area contributed by atoms with Crippen LogP contribution in [0.5, 0.6) is 11.5 Å². The van der Waals surface area contributed by atoms with Gasteiger partial charge in [0, 0.05) is 24.4 Å². The molecule has 0 amide bonds. The van der Waals surface area contributed by atoms with Gasteiger partial charge in [-0.3, -0.25) is 4.98 Å². The zero-order valence-electron chi connectivity index (χ0n) is 10.7. The summed E-state index contributed by atoms with van der Waals surface area (Å²) in [6.07, 6.45) is 3.84. The minimum Gasteiger partial charge on any atom is -0.490 e. The second-order valence-electron chi connectivity index (χ2n) is 4.44. The topological polar surface area (TPSA) is 68.7 Å². The fourth-order valence-corrected chi connectivity index (χ4v) is 2.14. The van der Waals surface area contributed by atoms with Gasteiger partial charge in [-0.15, -0.1) is 0 Å². The molecule has 1 N–H and O–H groups in total. The van der Waals surface area contributed by atoms with E-state index in [9.17, 15) is 9.90 Å². The Morgan fingerprint density at radius 1 is 1.15 bits per heavy atom. The van der Waals surface area contributed by atoms with Gasteiger partial charge in [0.15, 0.2) is 11.5 Å². The summed E-state index contributed by atoms with van der Waals surface area (Å²) in [5, 5.41) is 9.23. The first-order valence-corrected chi connectivity index (χ1v) is 6.33. The molecule has 1 aromatic carbocycles. The number of rotatable bonds is 2. The molecule has 0 radical (unpaired) electrons. The van der Waals surface area contributed by atoms with Crippen molar-refractivity contribution in [3.63, 3.8) is 0 Å². The number of aromatic carboxylic acids is 1. The van der Waals surface area contributed by atoms with Crippen LogP contribution in [0.1, 0.15) is 16.8 Å². The van der Waals surface area contributed by atoms with E-state index < -0.39 is 5.97 Å². The van der Waals surface area contributed by atoms with Crippen LogP contribution in [-0.2, 0) is 0 Å². The summed E-state index contributed by atoms with van der Waals surface area (Å²) in [6.45, 7) is 1.22. The summed E-state index contributed by atoms with van der Waals surface area (Å²) in [6, 6.07) is 6.90. The molecule has 0 unspecified atom stereocenters. The van der Waals surface area contributed by atoms with Gasteiger partial charge >= 0.3 is 5.97 Å². The van der Waals surface area contributed by atoms with E-state index in [2.05, 4.69) is 4.98 Å². The number of carboxylic acids is 1. The molecule has 1 aromatic heterocycles. The van der Waals surface area contributed by atoms with Gasteiger partial charge in [-0.05, 0) is 23.8 Å². The van der Waals surface area contributed by atoms with Crippen LogP contribution in [0.2, 0.25) is 0 Å². The summed E-state index contributed by atoms with van der Waals surface area (Å²) in [5.41, 5.74) is 1.53. The molecule has 1 aliphatic rings. The van der Waals surface area contributed by atoms with Gasteiger partial charge in [-0.2, -0.15) is 0 Å². The van der Waals surface area contributed by atoms with E-state index in [1.165, 1.54) is 12.3 Å². The van der Waals surface area contributed by atoms with Crippen molar-refractivity contribution in [3.05, 3.63) is 42.2 Å². The molecule has 0 atom stereocenters. The lowest BCUT2D eigenvalue weighted by Crippen LogP contribution is -2.00. The van der Waals surface area contributed by atoms with Crippen molar-refractivity contribution in [3.8, 4) is 22.6 Å². The number of carboxylic acid groups (broad SMARTS) is 1. The van der Waals surface area contributed by atoms with Crippen LogP contribution >= 0.6 is 0 Å². The van der Waals surface area contributed by atoms with Crippen LogP contribution in [-0.4, -0.2) is 29.3 Å². The standard InChI is InChI=1S/C15H13NO4/c17-15(18)11-4-5-16-9-12(11)10-2-3-13-14(8-10)20-7-1-6-19-13/h2-5,8-9H,1,6-7H2,(H,17,18). The Hall–Kier alpha value is -2.56. The quantitative estimate of drug-likeness (QED) is 0.909. The third-order valence-electron chi connectivity index (χ3n) is 3.11. The second kappa shape index (κ2) is 5.21. The number of ether oxygens (including phenoxy) is 2.